The summed E-state index contributed by atoms with van der Waals surface area (Å²) >= 11 is 7.10. The Kier molecular flexibility index (Phi) is 3.35. The molecule has 0 amide bonds. The molecule has 0 N–H and O–H groups in total. The third-order valence-electron chi connectivity index (χ3n) is 4.51. The smallest absolute Gasteiger partial charge is 0.312 e. The van der Waals surface area contributed by atoms with E-state index in [2.05, 4.69) is 8.75 Å². The SMILES string of the molecule is O=C1C[C@H](c2coc3ccc(Cl)cc3c2=O)c2c(ccc3nsnc23)O1. The highest BCUT2D eigenvalue weighted by atomic mass is 35.5. The number of fused-ring (bicyclic) bond motifs is 4. The number of rotatable bonds is 1. The van der Waals surface area contributed by atoms with Gasteiger partial charge in [0.25, 0.3) is 0 Å². The maximum absolute atomic E-state index is 13.1. The molecule has 6 nitrogen and oxygen atoms in total. The van der Waals surface area contributed by atoms with Crippen LogP contribution in [0.2, 0.25) is 5.02 Å². The van der Waals surface area contributed by atoms with Crippen LogP contribution in [0.5, 0.6) is 5.75 Å². The van der Waals surface area contributed by atoms with E-state index in [1.54, 1.807) is 30.3 Å². The summed E-state index contributed by atoms with van der Waals surface area (Å²) in [5.41, 5.74) is 2.61. The summed E-state index contributed by atoms with van der Waals surface area (Å²) in [5, 5.41) is 0.815. The van der Waals surface area contributed by atoms with Crippen LogP contribution in [-0.2, 0) is 4.79 Å². The Hall–Kier alpha value is -2.77. The van der Waals surface area contributed by atoms with Gasteiger partial charge >= 0.3 is 5.97 Å². The Labute approximate surface area is 155 Å². The molecule has 0 fully saturated rings. The average Bonchev–Trinajstić information content (AvgIpc) is 3.10. The largest absolute Gasteiger partial charge is 0.464 e. The molecule has 2 aromatic heterocycles. The zero-order valence-electron chi connectivity index (χ0n) is 13.1. The predicted molar refractivity (Wildman–Crippen MR) is 97.0 cm³/mol. The second-order valence-corrected chi connectivity index (χ2v) is 6.97. The minimum atomic E-state index is -0.515. The molecule has 0 aliphatic carbocycles. The van der Waals surface area contributed by atoms with Crippen LogP contribution in [0.1, 0.15) is 23.5 Å². The molecule has 0 saturated carbocycles. The third kappa shape index (κ3) is 2.24. The van der Waals surface area contributed by atoms with Gasteiger partial charge in [-0.05, 0) is 30.3 Å². The van der Waals surface area contributed by atoms with Crippen molar-refractivity contribution in [1.82, 2.24) is 8.75 Å². The number of halogens is 1. The van der Waals surface area contributed by atoms with Gasteiger partial charge in [0, 0.05) is 22.1 Å². The van der Waals surface area contributed by atoms with E-state index in [9.17, 15) is 9.59 Å². The molecule has 26 heavy (non-hydrogen) atoms. The van der Waals surface area contributed by atoms with Gasteiger partial charge in [-0.2, -0.15) is 8.75 Å². The van der Waals surface area contributed by atoms with E-state index in [4.69, 9.17) is 20.8 Å². The Morgan fingerprint density at radius 3 is 2.92 bits per heavy atom. The summed E-state index contributed by atoms with van der Waals surface area (Å²) in [6.45, 7) is 0. The van der Waals surface area contributed by atoms with Crippen molar-refractivity contribution in [3.05, 3.63) is 63.0 Å². The Balaban J connectivity index is 1.81. The number of aromatic nitrogens is 2. The van der Waals surface area contributed by atoms with Crippen LogP contribution < -0.4 is 10.2 Å². The second-order valence-electron chi connectivity index (χ2n) is 6.00. The molecule has 2 aromatic carbocycles. The number of carbonyl (C=O) groups excluding carboxylic acids is 1. The van der Waals surface area contributed by atoms with Crippen molar-refractivity contribution in [2.45, 2.75) is 12.3 Å². The van der Waals surface area contributed by atoms with E-state index in [1.165, 1.54) is 6.26 Å². The first-order valence-electron chi connectivity index (χ1n) is 7.78. The van der Waals surface area contributed by atoms with Gasteiger partial charge in [-0.3, -0.25) is 9.59 Å². The van der Waals surface area contributed by atoms with E-state index < -0.39 is 11.9 Å². The minimum Gasteiger partial charge on any atom is -0.464 e. The van der Waals surface area contributed by atoms with Crippen molar-refractivity contribution >= 4 is 51.3 Å². The van der Waals surface area contributed by atoms with E-state index >= 15 is 0 Å². The zero-order chi connectivity index (χ0) is 17.8. The normalized spacial score (nSPS) is 16.7. The molecule has 0 bridgehead atoms. The second kappa shape index (κ2) is 5.62. The number of nitrogens with zero attached hydrogens (tertiary/aromatic N) is 2. The van der Waals surface area contributed by atoms with Crippen molar-refractivity contribution in [2.24, 2.45) is 0 Å². The Morgan fingerprint density at radius 2 is 2.04 bits per heavy atom. The van der Waals surface area contributed by atoms with Gasteiger partial charge in [0.1, 0.15) is 22.4 Å². The number of esters is 1. The lowest BCUT2D eigenvalue weighted by atomic mass is 9.86. The van der Waals surface area contributed by atoms with Gasteiger partial charge in [-0.25, -0.2) is 0 Å². The van der Waals surface area contributed by atoms with Crippen molar-refractivity contribution in [2.75, 3.05) is 0 Å². The van der Waals surface area contributed by atoms with Crippen LogP contribution in [0, 0.1) is 0 Å². The van der Waals surface area contributed by atoms with Crippen molar-refractivity contribution in [3.8, 4) is 5.75 Å². The first-order valence-corrected chi connectivity index (χ1v) is 8.89. The molecule has 4 aromatic rings. The molecule has 8 heteroatoms. The molecular weight excluding hydrogens is 376 g/mol. The average molecular weight is 385 g/mol. The Morgan fingerprint density at radius 1 is 1.15 bits per heavy atom. The zero-order valence-corrected chi connectivity index (χ0v) is 14.6. The van der Waals surface area contributed by atoms with Crippen molar-refractivity contribution < 1.29 is 13.9 Å². The lowest BCUT2D eigenvalue weighted by molar-refractivity contribution is -0.135. The molecule has 128 valence electrons. The van der Waals surface area contributed by atoms with Gasteiger partial charge < -0.3 is 9.15 Å². The summed E-state index contributed by atoms with van der Waals surface area (Å²) < 4.78 is 19.5. The number of ether oxygens (including phenoxy) is 1. The van der Waals surface area contributed by atoms with Crippen LogP contribution in [0.3, 0.4) is 0 Å². The molecule has 1 aliphatic heterocycles. The van der Waals surface area contributed by atoms with E-state index in [1.807, 2.05) is 0 Å². The van der Waals surface area contributed by atoms with Gasteiger partial charge in [0.05, 0.1) is 29.8 Å². The molecule has 3 heterocycles. The van der Waals surface area contributed by atoms with Gasteiger partial charge in [-0.1, -0.05) is 11.6 Å². The molecule has 0 spiro atoms. The standard InChI is InChI=1S/C18H9ClN2O4S/c19-8-1-3-13-10(5-8)18(23)11(7-24-13)9-6-15(22)25-14-4-2-12-17(16(9)14)21-26-20-12/h1-5,7,9H,6H2/t9-/m1/s1. The highest BCUT2D eigenvalue weighted by Gasteiger charge is 2.33. The summed E-state index contributed by atoms with van der Waals surface area (Å²) in [5.74, 6) is -0.522. The first-order chi connectivity index (χ1) is 12.6. The maximum Gasteiger partial charge on any atom is 0.312 e. The lowest BCUT2D eigenvalue weighted by Gasteiger charge is -2.24. The monoisotopic (exact) mass is 384 g/mol. The fraction of sp³-hybridized carbons (Fsp3) is 0.111. The number of benzene rings is 2. The summed E-state index contributed by atoms with van der Waals surface area (Å²) in [6.07, 6.45) is 1.44. The van der Waals surface area contributed by atoms with Crippen LogP contribution in [0.25, 0.3) is 22.0 Å². The number of carbonyl (C=O) groups is 1. The van der Waals surface area contributed by atoms with Crippen molar-refractivity contribution in [1.29, 1.82) is 0 Å². The highest BCUT2D eigenvalue weighted by Crippen LogP contribution is 2.41. The van der Waals surface area contributed by atoms with Crippen LogP contribution in [0.4, 0.5) is 0 Å². The van der Waals surface area contributed by atoms with E-state index in [-0.39, 0.29) is 11.8 Å². The quantitative estimate of drug-likeness (QED) is 0.365. The highest BCUT2D eigenvalue weighted by molar-refractivity contribution is 7.00. The lowest BCUT2D eigenvalue weighted by Crippen LogP contribution is -2.25. The minimum absolute atomic E-state index is 0.0282. The van der Waals surface area contributed by atoms with Gasteiger partial charge in [0.2, 0.25) is 0 Å². The summed E-state index contributed by atoms with van der Waals surface area (Å²) in [4.78, 5) is 25.2. The molecule has 0 unspecified atom stereocenters. The third-order valence-corrected chi connectivity index (χ3v) is 5.28. The first kappa shape index (κ1) is 15.5. The number of hydrogen-bond acceptors (Lipinski definition) is 7. The molecule has 1 atom stereocenters. The predicted octanol–water partition coefficient (Wildman–Crippen LogP) is 3.89. The molecule has 0 radical (unpaired) electrons. The van der Waals surface area contributed by atoms with Crippen molar-refractivity contribution in [3.63, 3.8) is 0 Å². The van der Waals surface area contributed by atoms with Gasteiger partial charge in [-0.15, -0.1) is 0 Å². The van der Waals surface area contributed by atoms with Gasteiger partial charge in [0.15, 0.2) is 5.43 Å². The molecule has 5 rings (SSSR count). The number of hydrogen-bond donors (Lipinski definition) is 0. The maximum atomic E-state index is 13.1. The fourth-order valence-electron chi connectivity index (χ4n) is 3.34. The topological polar surface area (TPSA) is 82.3 Å². The van der Waals surface area contributed by atoms with E-state index in [0.717, 1.165) is 11.7 Å². The summed E-state index contributed by atoms with van der Waals surface area (Å²) in [6, 6.07) is 8.30. The summed E-state index contributed by atoms with van der Waals surface area (Å²) in [7, 11) is 0. The molecule has 0 saturated heterocycles. The molecular formula is C18H9ClN2O4S. The van der Waals surface area contributed by atoms with Crippen LogP contribution in [-0.4, -0.2) is 14.7 Å². The fourth-order valence-corrected chi connectivity index (χ4v) is 4.06. The van der Waals surface area contributed by atoms with E-state index in [0.29, 0.717) is 43.9 Å². The van der Waals surface area contributed by atoms with Crippen LogP contribution in [0.15, 0.2) is 45.8 Å². The Bertz CT molecular complexity index is 1260. The molecule has 1 aliphatic rings. The van der Waals surface area contributed by atoms with Crippen LogP contribution >= 0.6 is 23.3 Å².